The van der Waals surface area contributed by atoms with Crippen molar-refractivity contribution in [3.63, 3.8) is 0 Å². The molecule has 18 heavy (non-hydrogen) atoms. The van der Waals surface area contributed by atoms with Gasteiger partial charge < -0.3 is 24.9 Å². The molecule has 106 valence electrons. The van der Waals surface area contributed by atoms with Gasteiger partial charge in [-0.15, -0.1) is 0 Å². The summed E-state index contributed by atoms with van der Waals surface area (Å²) in [5.74, 6) is -0.323. The Hall–Kier alpha value is 0.610. The van der Waals surface area contributed by atoms with E-state index in [4.69, 9.17) is 0 Å². The molecule has 2 aliphatic rings. The van der Waals surface area contributed by atoms with E-state index < -0.39 is 20.1 Å². The number of thiol groups is 1. The van der Waals surface area contributed by atoms with Crippen LogP contribution in [0.25, 0.3) is 0 Å². The normalized spacial score (nSPS) is 36.4. The zero-order chi connectivity index (χ0) is 13.8. The van der Waals surface area contributed by atoms with Crippen LogP contribution < -0.4 is 5.32 Å². The van der Waals surface area contributed by atoms with E-state index in [1.165, 1.54) is 0 Å². The van der Waals surface area contributed by atoms with E-state index in [1.807, 2.05) is 0 Å². The Labute approximate surface area is 110 Å². The highest BCUT2D eigenvalue weighted by molar-refractivity contribution is 7.81. The standard InChI is InChI=1S/C8H17NO6P2S/c10-16(11,12)8(17(13,14)15)1-5-3-9-4-7(18)6(5)2-8/h5-7,9,18H,1-4H2,(H2,10,11,12)(H2,13,14,15). The molecule has 10 heteroatoms. The first-order valence-electron chi connectivity index (χ1n) is 5.58. The Morgan fingerprint density at radius 2 is 1.61 bits per heavy atom. The molecule has 0 aromatic carbocycles. The molecule has 1 heterocycles. The van der Waals surface area contributed by atoms with Crippen molar-refractivity contribution >= 4 is 27.8 Å². The summed E-state index contributed by atoms with van der Waals surface area (Å²) in [5.41, 5.74) is 0. The average Bonchev–Trinajstić information content (AvgIpc) is 2.57. The van der Waals surface area contributed by atoms with Gasteiger partial charge in [0.1, 0.15) is 0 Å². The highest BCUT2D eigenvalue weighted by Crippen LogP contribution is 2.76. The van der Waals surface area contributed by atoms with Crippen molar-refractivity contribution in [3.8, 4) is 0 Å². The van der Waals surface area contributed by atoms with Gasteiger partial charge >= 0.3 is 15.2 Å². The lowest BCUT2D eigenvalue weighted by atomic mass is 9.89. The fourth-order valence-electron chi connectivity index (χ4n) is 3.09. The molecule has 1 aliphatic heterocycles. The summed E-state index contributed by atoms with van der Waals surface area (Å²) >= 11 is 4.34. The Kier molecular flexibility index (Phi) is 3.81. The molecule has 5 N–H and O–H groups in total. The number of hydrogen-bond acceptors (Lipinski definition) is 4. The van der Waals surface area contributed by atoms with E-state index in [9.17, 15) is 28.7 Å². The molecule has 2 fully saturated rings. The lowest BCUT2D eigenvalue weighted by molar-refractivity contribution is 0.304. The molecule has 3 atom stereocenters. The number of piperidine rings is 1. The lowest BCUT2D eigenvalue weighted by Crippen LogP contribution is -2.41. The van der Waals surface area contributed by atoms with Crippen molar-refractivity contribution in [2.75, 3.05) is 13.1 Å². The third kappa shape index (κ3) is 2.23. The van der Waals surface area contributed by atoms with Crippen molar-refractivity contribution in [2.45, 2.75) is 23.0 Å². The number of rotatable bonds is 2. The monoisotopic (exact) mass is 317 g/mol. The van der Waals surface area contributed by atoms with Crippen molar-refractivity contribution in [3.05, 3.63) is 0 Å². The minimum atomic E-state index is -4.89. The maximum atomic E-state index is 11.6. The number of hydrogen-bond donors (Lipinski definition) is 6. The molecule has 3 unspecified atom stereocenters. The fourth-order valence-corrected chi connectivity index (χ4v) is 6.76. The third-order valence-corrected chi connectivity index (χ3v) is 9.12. The lowest BCUT2D eigenvalue weighted by Gasteiger charge is -2.31. The van der Waals surface area contributed by atoms with E-state index in [2.05, 4.69) is 17.9 Å². The minimum Gasteiger partial charge on any atom is -0.324 e. The Bertz CT molecular complexity index is 411. The fraction of sp³-hybridized carbons (Fsp3) is 1.00. The topological polar surface area (TPSA) is 127 Å². The molecule has 0 radical (unpaired) electrons. The number of fused-ring (bicyclic) bond motifs is 1. The summed E-state index contributed by atoms with van der Waals surface area (Å²) < 4.78 is 23.2. The van der Waals surface area contributed by atoms with Crippen LogP contribution in [0.5, 0.6) is 0 Å². The van der Waals surface area contributed by atoms with Crippen molar-refractivity contribution in [1.29, 1.82) is 0 Å². The zero-order valence-electron chi connectivity index (χ0n) is 9.51. The van der Waals surface area contributed by atoms with E-state index in [0.29, 0.717) is 13.1 Å². The first-order chi connectivity index (χ1) is 8.08. The molecule has 0 aromatic rings. The van der Waals surface area contributed by atoms with Crippen LogP contribution in [0.4, 0.5) is 0 Å². The van der Waals surface area contributed by atoms with Crippen molar-refractivity contribution in [1.82, 2.24) is 5.32 Å². The van der Waals surface area contributed by atoms with Crippen LogP contribution in [-0.2, 0) is 9.13 Å². The maximum Gasteiger partial charge on any atom is 0.343 e. The Morgan fingerprint density at radius 1 is 1.06 bits per heavy atom. The minimum absolute atomic E-state index is 0.135. The second-order valence-corrected chi connectivity index (χ2v) is 10.0. The highest BCUT2D eigenvalue weighted by Gasteiger charge is 2.66. The molecular formula is C8H17NO6P2S. The van der Waals surface area contributed by atoms with Gasteiger partial charge in [0, 0.05) is 11.8 Å². The predicted molar refractivity (Wildman–Crippen MR) is 68.7 cm³/mol. The second-order valence-electron chi connectivity index (χ2n) is 5.13. The predicted octanol–water partition coefficient (Wildman–Crippen LogP) is -0.0341. The van der Waals surface area contributed by atoms with Crippen molar-refractivity contribution in [2.24, 2.45) is 11.8 Å². The second kappa shape index (κ2) is 4.57. The van der Waals surface area contributed by atoms with E-state index in [0.717, 1.165) is 0 Å². The summed E-state index contributed by atoms with van der Waals surface area (Å²) in [6, 6.07) is 0. The van der Waals surface area contributed by atoms with E-state index in [-0.39, 0.29) is 29.9 Å². The smallest absolute Gasteiger partial charge is 0.324 e. The van der Waals surface area contributed by atoms with Gasteiger partial charge in [0.15, 0.2) is 4.90 Å². The van der Waals surface area contributed by atoms with Gasteiger partial charge in [0.05, 0.1) is 0 Å². The molecule has 0 bridgehead atoms. The van der Waals surface area contributed by atoms with Crippen LogP contribution in [0.3, 0.4) is 0 Å². The average molecular weight is 317 g/mol. The summed E-state index contributed by atoms with van der Waals surface area (Å²) in [7, 11) is -9.78. The van der Waals surface area contributed by atoms with Gasteiger partial charge in [-0.25, -0.2) is 0 Å². The van der Waals surface area contributed by atoms with Gasteiger partial charge in [0.2, 0.25) is 0 Å². The van der Waals surface area contributed by atoms with E-state index >= 15 is 0 Å². The quantitative estimate of drug-likeness (QED) is 0.312. The molecule has 0 amide bonds. The molecule has 0 aromatic heterocycles. The van der Waals surface area contributed by atoms with Crippen LogP contribution in [0, 0.1) is 11.8 Å². The van der Waals surface area contributed by atoms with Crippen molar-refractivity contribution < 1.29 is 28.7 Å². The first-order valence-corrected chi connectivity index (χ1v) is 9.33. The maximum absolute atomic E-state index is 11.6. The third-order valence-electron chi connectivity index (χ3n) is 4.10. The van der Waals surface area contributed by atoms with Crippen LogP contribution >= 0.6 is 27.8 Å². The highest BCUT2D eigenvalue weighted by atomic mass is 32.1. The van der Waals surface area contributed by atoms with Crippen LogP contribution in [-0.4, -0.2) is 42.8 Å². The summed E-state index contributed by atoms with van der Waals surface area (Å²) in [4.78, 5) is 35.4. The molecule has 1 saturated heterocycles. The summed E-state index contributed by atoms with van der Waals surface area (Å²) in [6.45, 7) is 1.10. The molecule has 1 saturated carbocycles. The molecule has 7 nitrogen and oxygen atoms in total. The first kappa shape index (κ1) is 15.0. The SMILES string of the molecule is O=P(O)(O)C1(P(=O)(O)O)CC2CNCC(S)C2C1. The number of nitrogens with one attached hydrogen (secondary N) is 1. The Morgan fingerprint density at radius 3 is 2.06 bits per heavy atom. The van der Waals surface area contributed by atoms with Crippen LogP contribution in [0.15, 0.2) is 0 Å². The van der Waals surface area contributed by atoms with Crippen LogP contribution in [0.1, 0.15) is 12.8 Å². The largest absolute Gasteiger partial charge is 0.343 e. The molecular weight excluding hydrogens is 300 g/mol. The summed E-state index contributed by atoms with van der Waals surface area (Å²) in [6.07, 6.45) is -0.321. The Balaban J connectivity index is 2.42. The van der Waals surface area contributed by atoms with Gasteiger partial charge in [-0.3, -0.25) is 9.13 Å². The van der Waals surface area contributed by atoms with Gasteiger partial charge in [0.25, 0.3) is 0 Å². The van der Waals surface area contributed by atoms with Gasteiger partial charge in [-0.05, 0) is 31.2 Å². The van der Waals surface area contributed by atoms with Gasteiger partial charge in [-0.1, -0.05) is 0 Å². The van der Waals surface area contributed by atoms with Crippen LogP contribution in [0.2, 0.25) is 0 Å². The molecule has 0 spiro atoms. The zero-order valence-corrected chi connectivity index (χ0v) is 12.2. The molecule has 1 aliphatic carbocycles. The van der Waals surface area contributed by atoms with E-state index in [1.54, 1.807) is 0 Å². The summed E-state index contributed by atoms with van der Waals surface area (Å²) in [5, 5.41) is 2.93. The van der Waals surface area contributed by atoms with Gasteiger partial charge in [-0.2, -0.15) is 12.6 Å². The molecule has 2 rings (SSSR count).